The van der Waals surface area contributed by atoms with Crippen LogP contribution in [0.1, 0.15) is 21.9 Å². The highest BCUT2D eigenvalue weighted by Gasteiger charge is 2.57. The molecular formula is C31H24F3N3O6S2. The third kappa shape index (κ3) is 5.48. The fourth-order valence-corrected chi connectivity index (χ4v) is 8.38. The average Bonchev–Trinajstić information content (AvgIpc) is 3.46. The molecule has 14 heteroatoms. The number of anilines is 2. The highest BCUT2D eigenvalue weighted by molar-refractivity contribution is 8.00. The molecule has 2 aliphatic rings. The van der Waals surface area contributed by atoms with Crippen molar-refractivity contribution < 1.29 is 37.0 Å². The molecule has 6 rings (SSSR count). The van der Waals surface area contributed by atoms with E-state index in [1.807, 2.05) is 0 Å². The van der Waals surface area contributed by atoms with Gasteiger partial charge in [-0.05, 0) is 48.0 Å². The number of thiazole rings is 1. The number of fused-ring (bicyclic) bond motifs is 2. The first-order valence-corrected chi connectivity index (χ1v) is 15.2. The zero-order valence-corrected chi connectivity index (χ0v) is 25.3. The van der Waals surface area contributed by atoms with Crippen LogP contribution < -0.4 is 24.6 Å². The van der Waals surface area contributed by atoms with Crippen LogP contribution in [0.15, 0.2) is 82.6 Å². The number of imide groups is 1. The number of methoxy groups -OCH3 is 2. The van der Waals surface area contributed by atoms with Crippen molar-refractivity contribution >= 4 is 52.2 Å². The van der Waals surface area contributed by atoms with Gasteiger partial charge in [0.1, 0.15) is 11.8 Å². The summed E-state index contributed by atoms with van der Waals surface area (Å²) in [5.74, 6) is -3.06. The molecule has 1 N–H and O–H groups in total. The predicted octanol–water partition coefficient (Wildman–Crippen LogP) is 5.38. The number of nitrogens with zero attached hydrogens (tertiary/aromatic N) is 2. The third-order valence-corrected chi connectivity index (χ3v) is 10.2. The van der Waals surface area contributed by atoms with E-state index in [9.17, 15) is 32.3 Å². The Morgan fingerprint density at radius 2 is 1.64 bits per heavy atom. The van der Waals surface area contributed by atoms with Gasteiger partial charge in [-0.3, -0.25) is 23.7 Å². The van der Waals surface area contributed by atoms with E-state index in [-0.39, 0.29) is 12.2 Å². The summed E-state index contributed by atoms with van der Waals surface area (Å²) in [6, 6.07) is 17.7. The van der Waals surface area contributed by atoms with Gasteiger partial charge in [0, 0.05) is 16.5 Å². The Balaban J connectivity index is 1.45. The van der Waals surface area contributed by atoms with Crippen LogP contribution in [-0.4, -0.2) is 41.8 Å². The van der Waals surface area contributed by atoms with Gasteiger partial charge in [0.2, 0.25) is 17.7 Å². The number of nitrogens with one attached hydrogen (secondary N) is 1. The number of alkyl halides is 3. The van der Waals surface area contributed by atoms with E-state index in [1.165, 1.54) is 24.9 Å². The molecule has 232 valence electrons. The van der Waals surface area contributed by atoms with E-state index in [2.05, 4.69) is 5.32 Å². The molecule has 0 bridgehead atoms. The highest BCUT2D eigenvalue weighted by Crippen LogP contribution is 2.54. The maximum atomic E-state index is 14.1. The standard InChI is InChI=1S/C31H24F3N3O6S2/c1-42-20-12-11-16(13-21(20)43-2)23-24-25(28(40)37(27(24)39)19-10-6-7-17(14-19)31(32,33)34)44-29-26(23)45-30(41)36(29)15-22(38)35-18-8-4-3-5-9-18/h3-14,23-25H,15H2,1-2H3,(H,35,38)/t23-,24-,25+/m0/s1. The topological polar surface area (TPSA) is 107 Å². The van der Waals surface area contributed by atoms with Crippen LogP contribution in [-0.2, 0) is 27.1 Å². The minimum absolute atomic E-state index is 0.205. The average molecular weight is 656 g/mol. The number of carbonyl (C=O) groups excluding carboxylic acids is 3. The Kier molecular flexibility index (Phi) is 7.95. The third-order valence-electron chi connectivity index (χ3n) is 7.61. The van der Waals surface area contributed by atoms with Crippen LogP contribution in [0.25, 0.3) is 0 Å². The molecule has 3 atom stereocenters. The van der Waals surface area contributed by atoms with E-state index < -0.39 is 51.4 Å². The van der Waals surface area contributed by atoms with Crippen LogP contribution in [0.5, 0.6) is 11.5 Å². The summed E-state index contributed by atoms with van der Waals surface area (Å²) in [4.78, 5) is 55.1. The Morgan fingerprint density at radius 3 is 2.33 bits per heavy atom. The first-order valence-electron chi connectivity index (χ1n) is 13.5. The van der Waals surface area contributed by atoms with Gasteiger partial charge in [-0.15, -0.1) is 0 Å². The second-order valence-electron chi connectivity index (χ2n) is 10.3. The normalized spacial score (nSPS) is 19.2. The van der Waals surface area contributed by atoms with Crippen LogP contribution in [0.3, 0.4) is 0 Å². The summed E-state index contributed by atoms with van der Waals surface area (Å²) in [7, 11) is 2.90. The smallest absolute Gasteiger partial charge is 0.416 e. The van der Waals surface area contributed by atoms with E-state index in [4.69, 9.17) is 9.47 Å². The van der Waals surface area contributed by atoms with Crippen molar-refractivity contribution in [3.8, 4) is 11.5 Å². The van der Waals surface area contributed by atoms with E-state index >= 15 is 0 Å². The lowest BCUT2D eigenvalue weighted by Crippen LogP contribution is -2.33. The Labute approximate surface area is 262 Å². The minimum atomic E-state index is -4.69. The molecule has 45 heavy (non-hydrogen) atoms. The SMILES string of the molecule is COc1ccc([C@@H]2c3sc(=O)n(CC(=O)Nc4ccccc4)c3S[C@H]3C(=O)N(c4cccc(C(F)(F)F)c4)C(=O)[C@@H]23)cc1OC. The monoisotopic (exact) mass is 655 g/mol. The fourth-order valence-electron chi connectivity index (χ4n) is 5.60. The van der Waals surface area contributed by atoms with Gasteiger partial charge in [-0.25, -0.2) is 4.90 Å². The fraction of sp³-hybridized carbons (Fsp3) is 0.226. The molecule has 9 nitrogen and oxygen atoms in total. The van der Waals surface area contributed by atoms with Gasteiger partial charge in [0.25, 0.3) is 0 Å². The van der Waals surface area contributed by atoms with Crippen molar-refractivity contribution in [3.63, 3.8) is 0 Å². The number of carbonyl (C=O) groups is 3. The van der Waals surface area contributed by atoms with E-state index in [0.29, 0.717) is 32.7 Å². The van der Waals surface area contributed by atoms with Crippen molar-refractivity contribution in [2.45, 2.75) is 28.9 Å². The second kappa shape index (κ2) is 11.7. The van der Waals surface area contributed by atoms with Crippen molar-refractivity contribution in [2.75, 3.05) is 24.4 Å². The van der Waals surface area contributed by atoms with Gasteiger partial charge in [0.15, 0.2) is 11.5 Å². The molecule has 0 unspecified atom stereocenters. The number of benzene rings is 3. The van der Waals surface area contributed by atoms with Gasteiger partial charge < -0.3 is 14.8 Å². The molecule has 1 saturated heterocycles. The number of ether oxygens (including phenoxy) is 2. The van der Waals surface area contributed by atoms with Crippen LogP contribution in [0, 0.1) is 5.92 Å². The molecule has 0 aliphatic carbocycles. The minimum Gasteiger partial charge on any atom is -0.493 e. The Morgan fingerprint density at radius 1 is 0.911 bits per heavy atom. The van der Waals surface area contributed by atoms with Gasteiger partial charge >= 0.3 is 11.0 Å². The van der Waals surface area contributed by atoms with Crippen LogP contribution in [0.2, 0.25) is 0 Å². The number of rotatable bonds is 7. The molecule has 4 aromatic rings. The van der Waals surface area contributed by atoms with Crippen LogP contribution in [0.4, 0.5) is 24.5 Å². The number of amides is 3. The maximum absolute atomic E-state index is 14.1. The summed E-state index contributed by atoms with van der Waals surface area (Å²) in [6.07, 6.45) is -4.69. The van der Waals surface area contributed by atoms with Crippen molar-refractivity contribution in [1.82, 2.24) is 4.57 Å². The molecule has 3 amide bonds. The lowest BCUT2D eigenvalue weighted by molar-refractivity contribution is -0.137. The number of aromatic nitrogens is 1. The van der Waals surface area contributed by atoms with E-state index in [1.54, 1.807) is 48.5 Å². The Hall–Kier alpha value is -4.56. The number of halogens is 3. The summed E-state index contributed by atoms with van der Waals surface area (Å²) < 4.78 is 52.7. The second-order valence-corrected chi connectivity index (χ2v) is 12.4. The number of para-hydroxylation sites is 1. The van der Waals surface area contributed by atoms with Gasteiger partial charge in [-0.1, -0.05) is 53.4 Å². The molecule has 0 spiro atoms. The molecule has 1 fully saturated rings. The number of hydrogen-bond donors (Lipinski definition) is 1. The summed E-state index contributed by atoms with van der Waals surface area (Å²) in [6.45, 7) is -0.359. The molecule has 3 aromatic carbocycles. The first kappa shape index (κ1) is 30.5. The Bertz CT molecular complexity index is 1870. The zero-order valence-electron chi connectivity index (χ0n) is 23.7. The van der Waals surface area contributed by atoms with Crippen LogP contribution >= 0.6 is 23.1 Å². The molecule has 0 saturated carbocycles. The quantitative estimate of drug-likeness (QED) is 0.267. The molecule has 3 heterocycles. The number of thioether (sulfide) groups is 1. The molecule has 2 aliphatic heterocycles. The van der Waals surface area contributed by atoms with Gasteiger partial charge in [-0.2, -0.15) is 13.2 Å². The van der Waals surface area contributed by atoms with Gasteiger partial charge in [0.05, 0.1) is 36.4 Å². The van der Waals surface area contributed by atoms with Crippen molar-refractivity contribution in [3.05, 3.63) is 98.5 Å². The van der Waals surface area contributed by atoms with Crippen molar-refractivity contribution in [1.29, 1.82) is 0 Å². The number of hydrogen-bond acceptors (Lipinski definition) is 8. The predicted molar refractivity (Wildman–Crippen MR) is 162 cm³/mol. The van der Waals surface area contributed by atoms with Crippen molar-refractivity contribution in [2.24, 2.45) is 5.92 Å². The molecule has 0 radical (unpaired) electrons. The summed E-state index contributed by atoms with van der Waals surface area (Å²) >= 11 is 1.81. The maximum Gasteiger partial charge on any atom is 0.416 e. The molecular weight excluding hydrogens is 631 g/mol. The first-order chi connectivity index (χ1) is 21.5. The molecule has 1 aromatic heterocycles. The highest BCUT2D eigenvalue weighted by atomic mass is 32.2. The van der Waals surface area contributed by atoms with E-state index in [0.717, 1.165) is 46.2 Å². The largest absolute Gasteiger partial charge is 0.493 e. The summed E-state index contributed by atoms with van der Waals surface area (Å²) in [5, 5.41) is 1.98. The lowest BCUT2D eigenvalue weighted by atomic mass is 9.83. The summed E-state index contributed by atoms with van der Waals surface area (Å²) in [5.41, 5.74) is -0.150. The lowest BCUT2D eigenvalue weighted by Gasteiger charge is -2.31. The zero-order chi connectivity index (χ0) is 32.0.